The van der Waals surface area contributed by atoms with Gasteiger partial charge in [0, 0.05) is 62.0 Å². The van der Waals surface area contributed by atoms with Gasteiger partial charge in [-0.05, 0) is 29.8 Å². The Labute approximate surface area is 162 Å². The van der Waals surface area contributed by atoms with E-state index < -0.39 is 0 Å². The average molecular weight is 376 g/mol. The first-order valence-electron chi connectivity index (χ1n) is 9.44. The molecule has 0 fully saturated rings. The standard InChI is InChI=1S/C22H21FN4O/c1-24-22(28)19-16(13-5-7-14(23)8-6-13)12-27-20-17(10-26(2)11-18(19)20)15-4-3-9-25-21(15)27/h3-9,11,16,19H,10,12H2,1-2H3,(H,24,28). The highest BCUT2D eigenvalue weighted by Gasteiger charge is 2.42. The molecular formula is C22H21FN4O. The van der Waals surface area contributed by atoms with Gasteiger partial charge in [-0.15, -0.1) is 0 Å². The van der Waals surface area contributed by atoms with Gasteiger partial charge in [-0.1, -0.05) is 12.1 Å². The lowest BCUT2D eigenvalue weighted by molar-refractivity contribution is -0.123. The molecule has 2 aliphatic rings. The van der Waals surface area contributed by atoms with Crippen molar-refractivity contribution in [3.8, 4) is 0 Å². The van der Waals surface area contributed by atoms with Crippen molar-refractivity contribution in [2.75, 3.05) is 14.1 Å². The fourth-order valence-electron chi connectivity index (χ4n) is 4.74. The first kappa shape index (κ1) is 17.0. The Morgan fingerprint density at radius 1 is 1.25 bits per heavy atom. The van der Waals surface area contributed by atoms with Gasteiger partial charge in [0.15, 0.2) is 0 Å². The minimum absolute atomic E-state index is 0.0220. The van der Waals surface area contributed by atoms with Crippen LogP contribution in [0, 0.1) is 11.7 Å². The van der Waals surface area contributed by atoms with Gasteiger partial charge in [0.1, 0.15) is 11.5 Å². The van der Waals surface area contributed by atoms with Crippen LogP contribution in [0.4, 0.5) is 4.39 Å². The summed E-state index contributed by atoms with van der Waals surface area (Å²) in [6.45, 7) is 1.42. The third kappa shape index (κ3) is 2.37. The molecule has 6 heteroatoms. The summed E-state index contributed by atoms with van der Waals surface area (Å²) in [5.41, 5.74) is 5.22. The lowest BCUT2D eigenvalue weighted by Crippen LogP contribution is -2.39. The zero-order valence-electron chi connectivity index (χ0n) is 15.8. The molecule has 1 N–H and O–H groups in total. The number of aromatic nitrogens is 2. The molecule has 0 bridgehead atoms. The van der Waals surface area contributed by atoms with Crippen LogP contribution in [0.15, 0.2) is 48.8 Å². The van der Waals surface area contributed by atoms with E-state index in [0.717, 1.165) is 34.4 Å². The van der Waals surface area contributed by atoms with Crippen LogP contribution in [-0.2, 0) is 17.9 Å². The number of nitrogens with one attached hydrogen (secondary N) is 1. The number of halogens is 1. The molecular weight excluding hydrogens is 355 g/mol. The Hall–Kier alpha value is -3.15. The molecule has 0 aliphatic carbocycles. The summed E-state index contributed by atoms with van der Waals surface area (Å²) in [4.78, 5) is 19.7. The highest BCUT2D eigenvalue weighted by atomic mass is 19.1. The van der Waals surface area contributed by atoms with Crippen molar-refractivity contribution in [3.05, 3.63) is 71.4 Å². The molecule has 1 aromatic carbocycles. The summed E-state index contributed by atoms with van der Waals surface area (Å²) in [5.74, 6) is -0.736. The maximum absolute atomic E-state index is 13.5. The van der Waals surface area contributed by atoms with E-state index in [2.05, 4.69) is 32.0 Å². The summed E-state index contributed by atoms with van der Waals surface area (Å²) < 4.78 is 15.8. The van der Waals surface area contributed by atoms with E-state index in [1.54, 1.807) is 19.2 Å². The van der Waals surface area contributed by atoms with Gasteiger partial charge < -0.3 is 14.8 Å². The predicted molar refractivity (Wildman–Crippen MR) is 106 cm³/mol. The molecule has 2 aliphatic heterocycles. The Balaban J connectivity index is 1.78. The predicted octanol–water partition coefficient (Wildman–Crippen LogP) is 3.12. The van der Waals surface area contributed by atoms with Crippen LogP contribution in [0.2, 0.25) is 0 Å². The Morgan fingerprint density at radius 2 is 2.04 bits per heavy atom. The van der Waals surface area contributed by atoms with E-state index in [1.807, 2.05) is 19.3 Å². The number of carbonyl (C=O) groups excluding carboxylic acids is 1. The first-order valence-corrected chi connectivity index (χ1v) is 9.44. The first-order chi connectivity index (χ1) is 13.6. The normalized spacial score (nSPS) is 20.7. The molecule has 28 heavy (non-hydrogen) atoms. The van der Waals surface area contributed by atoms with Crippen LogP contribution in [0.1, 0.15) is 22.7 Å². The minimum Gasteiger partial charge on any atom is -0.376 e. The van der Waals surface area contributed by atoms with Gasteiger partial charge in [-0.3, -0.25) is 4.79 Å². The second-order valence-corrected chi connectivity index (χ2v) is 7.56. The van der Waals surface area contributed by atoms with Gasteiger partial charge in [0.2, 0.25) is 5.91 Å². The number of hydrogen-bond acceptors (Lipinski definition) is 3. The molecule has 5 nitrogen and oxygen atoms in total. The fourth-order valence-corrected chi connectivity index (χ4v) is 4.74. The van der Waals surface area contributed by atoms with Gasteiger partial charge in [-0.25, -0.2) is 9.37 Å². The van der Waals surface area contributed by atoms with Crippen LogP contribution in [0.3, 0.4) is 0 Å². The second-order valence-electron chi connectivity index (χ2n) is 7.56. The Kier molecular flexibility index (Phi) is 3.75. The molecule has 4 heterocycles. The second kappa shape index (κ2) is 6.19. The van der Waals surface area contributed by atoms with E-state index in [1.165, 1.54) is 17.7 Å². The maximum Gasteiger partial charge on any atom is 0.228 e. The summed E-state index contributed by atoms with van der Waals surface area (Å²) in [6, 6.07) is 10.6. The Bertz CT molecular complexity index is 1120. The summed E-state index contributed by atoms with van der Waals surface area (Å²) in [7, 11) is 3.70. The highest BCUT2D eigenvalue weighted by molar-refractivity contribution is 5.98. The van der Waals surface area contributed by atoms with Gasteiger partial charge in [0.05, 0.1) is 11.6 Å². The third-order valence-corrected chi connectivity index (χ3v) is 5.91. The van der Waals surface area contributed by atoms with Crippen molar-refractivity contribution in [2.24, 2.45) is 5.92 Å². The molecule has 142 valence electrons. The molecule has 0 radical (unpaired) electrons. The fraction of sp³-hybridized carbons (Fsp3) is 0.273. The van der Waals surface area contributed by atoms with Crippen molar-refractivity contribution in [1.29, 1.82) is 0 Å². The topological polar surface area (TPSA) is 50.2 Å². The SMILES string of the molecule is CNC(=O)C1C2=CN(C)Cc3c2n(c2ncccc32)CC1c1ccc(F)cc1. The lowest BCUT2D eigenvalue weighted by Gasteiger charge is -2.38. The van der Waals surface area contributed by atoms with Crippen molar-refractivity contribution >= 4 is 22.5 Å². The molecule has 2 unspecified atom stereocenters. The zero-order chi connectivity index (χ0) is 19.4. The summed E-state index contributed by atoms with van der Waals surface area (Å²) in [5, 5.41) is 3.97. The van der Waals surface area contributed by atoms with E-state index in [0.29, 0.717) is 6.54 Å². The number of pyridine rings is 1. The quantitative estimate of drug-likeness (QED) is 0.748. The summed E-state index contributed by atoms with van der Waals surface area (Å²) in [6.07, 6.45) is 3.88. The molecule has 5 rings (SSSR count). The largest absolute Gasteiger partial charge is 0.376 e. The smallest absolute Gasteiger partial charge is 0.228 e. The number of fused-ring (bicyclic) bond motifs is 3. The highest BCUT2D eigenvalue weighted by Crippen LogP contribution is 2.47. The molecule has 2 atom stereocenters. The van der Waals surface area contributed by atoms with Crippen LogP contribution in [0.25, 0.3) is 16.6 Å². The number of carbonyl (C=O) groups is 1. The monoisotopic (exact) mass is 376 g/mol. The maximum atomic E-state index is 13.5. The molecule has 0 saturated carbocycles. The van der Waals surface area contributed by atoms with Crippen LogP contribution in [0.5, 0.6) is 0 Å². The van der Waals surface area contributed by atoms with Gasteiger partial charge >= 0.3 is 0 Å². The number of rotatable bonds is 2. The van der Waals surface area contributed by atoms with E-state index in [9.17, 15) is 9.18 Å². The number of benzene rings is 1. The van der Waals surface area contributed by atoms with Crippen LogP contribution < -0.4 is 5.32 Å². The molecule has 2 aromatic heterocycles. The third-order valence-electron chi connectivity index (χ3n) is 5.91. The van der Waals surface area contributed by atoms with Crippen LogP contribution >= 0.6 is 0 Å². The van der Waals surface area contributed by atoms with E-state index in [-0.39, 0.29) is 23.6 Å². The van der Waals surface area contributed by atoms with Gasteiger partial charge in [0.25, 0.3) is 0 Å². The summed E-state index contributed by atoms with van der Waals surface area (Å²) >= 11 is 0. The number of hydrogen-bond donors (Lipinski definition) is 1. The van der Waals surface area contributed by atoms with Gasteiger partial charge in [-0.2, -0.15) is 0 Å². The van der Waals surface area contributed by atoms with E-state index in [4.69, 9.17) is 0 Å². The lowest BCUT2D eigenvalue weighted by atomic mass is 9.75. The Morgan fingerprint density at radius 3 is 2.79 bits per heavy atom. The van der Waals surface area contributed by atoms with Crippen molar-refractivity contribution in [2.45, 2.75) is 19.0 Å². The minimum atomic E-state index is -0.339. The van der Waals surface area contributed by atoms with Crippen LogP contribution in [-0.4, -0.2) is 34.5 Å². The zero-order valence-corrected chi connectivity index (χ0v) is 15.8. The number of amides is 1. The van der Waals surface area contributed by atoms with Crippen molar-refractivity contribution in [3.63, 3.8) is 0 Å². The number of nitrogens with zero attached hydrogens (tertiary/aromatic N) is 3. The molecule has 3 aromatic rings. The molecule has 0 saturated heterocycles. The average Bonchev–Trinajstić information content (AvgIpc) is 3.02. The van der Waals surface area contributed by atoms with Crippen molar-refractivity contribution in [1.82, 2.24) is 19.8 Å². The van der Waals surface area contributed by atoms with Crippen molar-refractivity contribution < 1.29 is 9.18 Å². The molecule has 1 amide bonds. The molecule has 0 spiro atoms. The van der Waals surface area contributed by atoms with E-state index >= 15 is 0 Å².